The third kappa shape index (κ3) is 4.05. The topological polar surface area (TPSA) is 64.1 Å². The average molecular weight is 344 g/mol. The summed E-state index contributed by atoms with van der Waals surface area (Å²) in [5.74, 6) is -0.385. The molecule has 7 heteroatoms. The van der Waals surface area contributed by atoms with E-state index in [1.165, 1.54) is 43.0 Å². The van der Waals surface area contributed by atoms with Crippen molar-refractivity contribution >= 4 is 23.2 Å². The third-order valence-corrected chi connectivity index (χ3v) is 3.22. The summed E-state index contributed by atoms with van der Waals surface area (Å²) in [7, 11) is 0. The fourth-order valence-corrected chi connectivity index (χ4v) is 2.19. The molecule has 5 nitrogen and oxygen atoms in total. The van der Waals surface area contributed by atoms with Gasteiger partial charge in [-0.15, -0.1) is 0 Å². The number of anilines is 1. The van der Waals surface area contributed by atoms with E-state index in [2.05, 4.69) is 15.3 Å². The van der Waals surface area contributed by atoms with Crippen molar-refractivity contribution in [2.75, 3.05) is 5.32 Å². The number of benzene rings is 2. The second-order valence-electron chi connectivity index (χ2n) is 4.82. The van der Waals surface area contributed by atoms with Crippen LogP contribution in [0.15, 0.2) is 61.2 Å². The van der Waals surface area contributed by atoms with Crippen LogP contribution in [0.1, 0.15) is 10.4 Å². The van der Waals surface area contributed by atoms with Gasteiger partial charge >= 0.3 is 0 Å². The molecule has 1 heterocycles. The molecule has 0 bridgehead atoms. The molecule has 0 aliphatic rings. The lowest BCUT2D eigenvalue weighted by Crippen LogP contribution is -2.12. The molecule has 0 saturated carbocycles. The highest BCUT2D eigenvalue weighted by Crippen LogP contribution is 2.25. The molecule has 2 aromatic carbocycles. The Labute approximate surface area is 142 Å². The number of amides is 1. The Morgan fingerprint density at radius 1 is 1.08 bits per heavy atom. The Morgan fingerprint density at radius 2 is 1.88 bits per heavy atom. The minimum Gasteiger partial charge on any atom is -0.454 e. The van der Waals surface area contributed by atoms with Crippen LogP contribution in [0.2, 0.25) is 5.02 Å². The zero-order valence-electron chi connectivity index (χ0n) is 12.2. The molecule has 1 amide bonds. The van der Waals surface area contributed by atoms with Gasteiger partial charge in [0.25, 0.3) is 5.91 Å². The smallest absolute Gasteiger partial charge is 0.255 e. The molecule has 0 aliphatic carbocycles. The minimum atomic E-state index is -0.550. The first-order chi connectivity index (χ1) is 11.6. The maximum absolute atomic E-state index is 13.8. The summed E-state index contributed by atoms with van der Waals surface area (Å²) in [6, 6.07) is 10.3. The first-order valence-electron chi connectivity index (χ1n) is 6.90. The fraction of sp³-hybridized carbons (Fsp3) is 0. The summed E-state index contributed by atoms with van der Waals surface area (Å²) in [6.45, 7) is 0. The normalized spacial score (nSPS) is 10.2. The summed E-state index contributed by atoms with van der Waals surface area (Å²) < 4.78 is 19.2. The molecule has 1 N–H and O–H groups in total. The van der Waals surface area contributed by atoms with Gasteiger partial charge < -0.3 is 10.1 Å². The van der Waals surface area contributed by atoms with E-state index in [1.807, 2.05) is 0 Å². The average Bonchev–Trinajstić information content (AvgIpc) is 2.55. The lowest BCUT2D eigenvalue weighted by atomic mass is 10.2. The molecule has 0 fully saturated rings. The highest BCUT2D eigenvalue weighted by Gasteiger charge is 2.09. The fourth-order valence-electron chi connectivity index (χ4n) is 2.00. The highest BCUT2D eigenvalue weighted by molar-refractivity contribution is 6.31. The van der Waals surface area contributed by atoms with Gasteiger partial charge in [-0.2, -0.15) is 0 Å². The first-order valence-corrected chi connectivity index (χ1v) is 7.28. The van der Waals surface area contributed by atoms with Crippen molar-refractivity contribution in [3.8, 4) is 11.5 Å². The molecule has 1 aromatic heterocycles. The zero-order valence-corrected chi connectivity index (χ0v) is 13.0. The Bertz CT molecular complexity index is 875. The summed E-state index contributed by atoms with van der Waals surface area (Å²) in [5, 5.41) is 3.04. The Morgan fingerprint density at radius 3 is 2.62 bits per heavy atom. The van der Waals surface area contributed by atoms with Crippen LogP contribution in [0.4, 0.5) is 10.1 Å². The second kappa shape index (κ2) is 7.06. The molecule has 120 valence electrons. The predicted octanol–water partition coefficient (Wildman–Crippen LogP) is 4.31. The van der Waals surface area contributed by atoms with Crippen LogP contribution in [0.3, 0.4) is 0 Å². The van der Waals surface area contributed by atoms with Crippen LogP contribution in [0.25, 0.3) is 0 Å². The van der Waals surface area contributed by atoms with Crippen molar-refractivity contribution in [2.45, 2.75) is 0 Å². The van der Waals surface area contributed by atoms with Gasteiger partial charge in [0.1, 0.15) is 17.9 Å². The van der Waals surface area contributed by atoms with Crippen LogP contribution < -0.4 is 10.1 Å². The van der Waals surface area contributed by atoms with Gasteiger partial charge in [-0.25, -0.2) is 14.4 Å². The molecular weight excluding hydrogens is 333 g/mol. The first kappa shape index (κ1) is 15.9. The van der Waals surface area contributed by atoms with Crippen molar-refractivity contribution in [1.29, 1.82) is 0 Å². The SMILES string of the molecule is O=C(Nc1cc(F)cc(Oc2cncnc2)c1)c1cccc(Cl)c1. The van der Waals surface area contributed by atoms with Crippen LogP contribution in [-0.2, 0) is 0 Å². The van der Waals surface area contributed by atoms with Crippen LogP contribution in [0, 0.1) is 5.82 Å². The monoisotopic (exact) mass is 343 g/mol. The van der Waals surface area contributed by atoms with Crippen LogP contribution >= 0.6 is 11.6 Å². The largest absolute Gasteiger partial charge is 0.454 e. The number of aromatic nitrogens is 2. The van der Waals surface area contributed by atoms with E-state index >= 15 is 0 Å². The van der Waals surface area contributed by atoms with Gasteiger partial charge in [-0.05, 0) is 24.3 Å². The zero-order chi connectivity index (χ0) is 16.9. The summed E-state index contributed by atoms with van der Waals surface area (Å²) in [4.78, 5) is 19.8. The molecule has 0 atom stereocenters. The quantitative estimate of drug-likeness (QED) is 0.766. The van der Waals surface area contributed by atoms with Crippen LogP contribution in [0.5, 0.6) is 11.5 Å². The number of halogens is 2. The van der Waals surface area contributed by atoms with E-state index in [1.54, 1.807) is 18.2 Å². The Balaban J connectivity index is 1.80. The van der Waals surface area contributed by atoms with Crippen molar-refractivity contribution < 1.29 is 13.9 Å². The summed E-state index contributed by atoms with van der Waals surface area (Å²) in [6.07, 6.45) is 4.25. The van der Waals surface area contributed by atoms with Gasteiger partial charge in [0.15, 0.2) is 5.75 Å². The van der Waals surface area contributed by atoms with E-state index < -0.39 is 11.7 Å². The van der Waals surface area contributed by atoms with Gasteiger partial charge in [-0.1, -0.05) is 17.7 Å². The molecule has 0 radical (unpaired) electrons. The molecule has 0 spiro atoms. The van der Waals surface area contributed by atoms with Gasteiger partial charge in [0, 0.05) is 28.4 Å². The second-order valence-corrected chi connectivity index (χ2v) is 5.25. The van der Waals surface area contributed by atoms with Gasteiger partial charge in [0.05, 0.1) is 12.4 Å². The van der Waals surface area contributed by atoms with E-state index in [-0.39, 0.29) is 11.4 Å². The Kier molecular flexibility index (Phi) is 4.67. The number of hydrogen-bond donors (Lipinski definition) is 1. The standard InChI is InChI=1S/C17H11ClFN3O2/c18-12-3-1-2-11(4-12)17(23)22-14-5-13(19)6-15(7-14)24-16-8-20-10-21-9-16/h1-10H,(H,22,23). The molecule has 24 heavy (non-hydrogen) atoms. The number of carbonyl (C=O) groups is 1. The van der Waals surface area contributed by atoms with Crippen molar-refractivity contribution in [1.82, 2.24) is 9.97 Å². The highest BCUT2D eigenvalue weighted by atomic mass is 35.5. The lowest BCUT2D eigenvalue weighted by molar-refractivity contribution is 0.102. The van der Waals surface area contributed by atoms with Crippen molar-refractivity contribution in [3.63, 3.8) is 0 Å². The van der Waals surface area contributed by atoms with Crippen molar-refractivity contribution in [3.05, 3.63) is 77.6 Å². The summed E-state index contributed by atoms with van der Waals surface area (Å²) >= 11 is 5.86. The molecule has 0 unspecified atom stereocenters. The van der Waals surface area contributed by atoms with Gasteiger partial charge in [0.2, 0.25) is 0 Å². The number of rotatable bonds is 4. The molecule has 0 saturated heterocycles. The molecular formula is C17H11ClFN3O2. The van der Waals surface area contributed by atoms with E-state index in [9.17, 15) is 9.18 Å². The Hall–Kier alpha value is -2.99. The molecule has 3 aromatic rings. The number of ether oxygens (including phenoxy) is 1. The van der Waals surface area contributed by atoms with Crippen molar-refractivity contribution in [2.24, 2.45) is 0 Å². The number of nitrogens with zero attached hydrogens (tertiary/aromatic N) is 2. The maximum Gasteiger partial charge on any atom is 0.255 e. The summed E-state index contributed by atoms with van der Waals surface area (Å²) in [5.41, 5.74) is 0.623. The molecule has 3 rings (SSSR count). The molecule has 0 aliphatic heterocycles. The van der Waals surface area contributed by atoms with Crippen LogP contribution in [-0.4, -0.2) is 15.9 Å². The van der Waals surface area contributed by atoms with Gasteiger partial charge in [-0.3, -0.25) is 4.79 Å². The van der Waals surface area contributed by atoms with E-state index in [4.69, 9.17) is 16.3 Å². The number of nitrogens with one attached hydrogen (secondary N) is 1. The maximum atomic E-state index is 13.8. The number of carbonyl (C=O) groups excluding carboxylic acids is 1. The predicted molar refractivity (Wildman–Crippen MR) is 87.9 cm³/mol. The number of hydrogen-bond acceptors (Lipinski definition) is 4. The van der Waals surface area contributed by atoms with E-state index in [0.717, 1.165) is 0 Å². The minimum absolute atomic E-state index is 0.214. The lowest BCUT2D eigenvalue weighted by Gasteiger charge is -2.09. The van der Waals surface area contributed by atoms with E-state index in [0.29, 0.717) is 16.3 Å². The third-order valence-electron chi connectivity index (χ3n) is 2.99.